The van der Waals surface area contributed by atoms with E-state index in [0.717, 1.165) is 35.4 Å². The topological polar surface area (TPSA) is 68.3 Å². The summed E-state index contributed by atoms with van der Waals surface area (Å²) in [5.41, 5.74) is 8.21. The minimum Gasteiger partial charge on any atom is -0.365 e. The number of amides is 1. The van der Waals surface area contributed by atoms with Gasteiger partial charge in [-0.05, 0) is 36.8 Å². The van der Waals surface area contributed by atoms with E-state index in [4.69, 9.17) is 5.73 Å². The third-order valence-electron chi connectivity index (χ3n) is 3.75. The zero-order valence-electron chi connectivity index (χ0n) is 11.9. The summed E-state index contributed by atoms with van der Waals surface area (Å²) < 4.78 is 0. The van der Waals surface area contributed by atoms with E-state index >= 15 is 0 Å². The maximum absolute atomic E-state index is 11.8. The van der Waals surface area contributed by atoms with E-state index in [1.54, 1.807) is 29.9 Å². The number of hydrogen-bond donors (Lipinski definition) is 1. The number of thiophene rings is 1. The lowest BCUT2D eigenvalue weighted by Gasteiger charge is -2.18. The first-order chi connectivity index (χ1) is 10.1. The zero-order chi connectivity index (χ0) is 14.8. The first-order valence-electron chi connectivity index (χ1n) is 7.03. The summed E-state index contributed by atoms with van der Waals surface area (Å²) in [6.45, 7) is 2.24. The molecular weight excluding hydrogens is 282 g/mol. The van der Waals surface area contributed by atoms with Crippen molar-refractivity contribution in [3.8, 4) is 0 Å². The van der Waals surface area contributed by atoms with Crippen LogP contribution in [0.15, 0.2) is 29.5 Å². The minimum atomic E-state index is -0.375. The molecule has 3 rings (SSSR count). The highest BCUT2D eigenvalue weighted by atomic mass is 32.1. The number of aliphatic imine (C=N–C) groups is 1. The van der Waals surface area contributed by atoms with Gasteiger partial charge in [0.25, 0.3) is 5.91 Å². The standard InChI is InChI=1S/C16H17N3OS/c1-10-4-5-12-13(7-10)21-16(14(12)15(17)20)19-9-11-3-2-6-18-8-11/h2-3,6,8-10H,4-5,7H2,1H3,(H2,17,20)/t10-/m0/s1. The number of rotatable bonds is 3. The Balaban J connectivity index is 1.98. The monoisotopic (exact) mass is 299 g/mol. The fraction of sp³-hybridized carbons (Fsp3) is 0.312. The number of primary amides is 1. The Morgan fingerprint density at radius 2 is 2.43 bits per heavy atom. The lowest BCUT2D eigenvalue weighted by molar-refractivity contribution is 0.1000. The molecule has 0 radical (unpaired) electrons. The molecule has 108 valence electrons. The highest BCUT2D eigenvalue weighted by molar-refractivity contribution is 7.16. The van der Waals surface area contributed by atoms with Crippen LogP contribution in [0.3, 0.4) is 0 Å². The molecule has 1 amide bonds. The van der Waals surface area contributed by atoms with Gasteiger partial charge in [0.2, 0.25) is 0 Å². The number of hydrogen-bond acceptors (Lipinski definition) is 4. The highest BCUT2D eigenvalue weighted by Gasteiger charge is 2.26. The molecule has 4 nitrogen and oxygen atoms in total. The Morgan fingerprint density at radius 3 is 3.14 bits per heavy atom. The molecule has 0 aromatic carbocycles. The van der Waals surface area contributed by atoms with Crippen LogP contribution in [-0.4, -0.2) is 17.1 Å². The largest absolute Gasteiger partial charge is 0.365 e. The summed E-state index contributed by atoms with van der Waals surface area (Å²) in [6.07, 6.45) is 8.24. The van der Waals surface area contributed by atoms with Gasteiger partial charge in [-0.25, -0.2) is 4.99 Å². The van der Waals surface area contributed by atoms with Crippen LogP contribution in [0.2, 0.25) is 0 Å². The molecule has 2 heterocycles. The molecule has 1 atom stereocenters. The Kier molecular flexibility index (Phi) is 3.84. The van der Waals surface area contributed by atoms with Crippen LogP contribution in [0, 0.1) is 5.92 Å². The van der Waals surface area contributed by atoms with Crippen molar-refractivity contribution >= 4 is 28.5 Å². The second kappa shape index (κ2) is 5.77. The molecule has 0 spiro atoms. The van der Waals surface area contributed by atoms with Gasteiger partial charge in [0.15, 0.2) is 0 Å². The van der Waals surface area contributed by atoms with Gasteiger partial charge in [0.05, 0.1) is 5.56 Å². The number of aromatic nitrogens is 1. The predicted octanol–water partition coefficient (Wildman–Crippen LogP) is 3.12. The molecule has 5 heteroatoms. The van der Waals surface area contributed by atoms with Gasteiger partial charge < -0.3 is 5.73 Å². The quantitative estimate of drug-likeness (QED) is 0.885. The number of nitrogens with two attached hydrogens (primary N) is 1. The summed E-state index contributed by atoms with van der Waals surface area (Å²) in [4.78, 5) is 21.6. The van der Waals surface area contributed by atoms with Crippen molar-refractivity contribution in [3.63, 3.8) is 0 Å². The Morgan fingerprint density at radius 1 is 1.57 bits per heavy atom. The van der Waals surface area contributed by atoms with Crippen molar-refractivity contribution in [1.29, 1.82) is 0 Å². The average molecular weight is 299 g/mol. The molecule has 0 saturated carbocycles. The van der Waals surface area contributed by atoms with E-state index in [1.165, 1.54) is 4.88 Å². The van der Waals surface area contributed by atoms with Gasteiger partial charge in [-0.15, -0.1) is 11.3 Å². The van der Waals surface area contributed by atoms with Gasteiger partial charge in [0.1, 0.15) is 5.00 Å². The fourth-order valence-corrected chi connectivity index (χ4v) is 4.03. The molecule has 0 bridgehead atoms. The first-order valence-corrected chi connectivity index (χ1v) is 7.85. The molecule has 2 aromatic heterocycles. The molecular formula is C16H17N3OS. The van der Waals surface area contributed by atoms with E-state index in [2.05, 4.69) is 16.9 Å². The normalized spacial score (nSPS) is 17.9. The van der Waals surface area contributed by atoms with Crippen molar-refractivity contribution in [2.24, 2.45) is 16.6 Å². The molecule has 1 aliphatic rings. The van der Waals surface area contributed by atoms with E-state index in [9.17, 15) is 4.79 Å². The lowest BCUT2D eigenvalue weighted by Crippen LogP contribution is -2.16. The molecule has 2 N–H and O–H groups in total. The number of pyridine rings is 1. The van der Waals surface area contributed by atoms with Gasteiger partial charge >= 0.3 is 0 Å². The Bertz CT molecular complexity index is 691. The number of nitrogens with zero attached hydrogens (tertiary/aromatic N) is 2. The maximum atomic E-state index is 11.8. The van der Waals surface area contributed by atoms with Crippen molar-refractivity contribution in [2.45, 2.75) is 26.2 Å². The maximum Gasteiger partial charge on any atom is 0.252 e. The molecule has 0 aliphatic heterocycles. The third kappa shape index (κ3) is 2.88. The first kappa shape index (κ1) is 13.9. The van der Waals surface area contributed by atoms with Crippen LogP contribution in [0.25, 0.3) is 0 Å². The minimum absolute atomic E-state index is 0.375. The Labute approximate surface area is 127 Å². The smallest absolute Gasteiger partial charge is 0.252 e. The summed E-state index contributed by atoms with van der Waals surface area (Å²) in [5, 5.41) is 0.727. The van der Waals surface area contributed by atoms with Crippen LogP contribution in [0.1, 0.15) is 39.7 Å². The SMILES string of the molecule is C[C@H]1CCc2c(sc(N=Cc3cccnc3)c2C(N)=O)C1. The van der Waals surface area contributed by atoms with E-state index in [1.807, 2.05) is 12.1 Å². The molecule has 2 aromatic rings. The predicted molar refractivity (Wildman–Crippen MR) is 85.5 cm³/mol. The summed E-state index contributed by atoms with van der Waals surface area (Å²) in [6, 6.07) is 3.79. The van der Waals surface area contributed by atoms with Gasteiger partial charge in [-0.2, -0.15) is 0 Å². The second-order valence-corrected chi connectivity index (χ2v) is 6.52. The van der Waals surface area contributed by atoms with Crippen LogP contribution in [0.4, 0.5) is 5.00 Å². The number of fused-ring (bicyclic) bond motifs is 1. The number of carbonyl (C=O) groups is 1. The van der Waals surface area contributed by atoms with Crippen LogP contribution in [0.5, 0.6) is 0 Å². The second-order valence-electron chi connectivity index (χ2n) is 5.44. The molecule has 0 fully saturated rings. The van der Waals surface area contributed by atoms with Crippen LogP contribution < -0.4 is 5.73 Å². The molecule has 0 unspecified atom stereocenters. The van der Waals surface area contributed by atoms with E-state index in [0.29, 0.717) is 11.5 Å². The summed E-state index contributed by atoms with van der Waals surface area (Å²) in [7, 11) is 0. The van der Waals surface area contributed by atoms with Crippen molar-refractivity contribution in [2.75, 3.05) is 0 Å². The van der Waals surface area contributed by atoms with Crippen molar-refractivity contribution in [1.82, 2.24) is 4.98 Å². The van der Waals surface area contributed by atoms with Crippen molar-refractivity contribution in [3.05, 3.63) is 46.1 Å². The molecule has 21 heavy (non-hydrogen) atoms. The molecule has 0 saturated heterocycles. The van der Waals surface area contributed by atoms with E-state index < -0.39 is 0 Å². The molecule has 1 aliphatic carbocycles. The highest BCUT2D eigenvalue weighted by Crippen LogP contribution is 2.40. The number of carbonyl (C=O) groups excluding carboxylic acids is 1. The zero-order valence-corrected chi connectivity index (χ0v) is 12.7. The summed E-state index contributed by atoms with van der Waals surface area (Å²) in [5.74, 6) is 0.285. The van der Waals surface area contributed by atoms with Crippen LogP contribution >= 0.6 is 11.3 Å². The third-order valence-corrected chi connectivity index (χ3v) is 4.92. The van der Waals surface area contributed by atoms with Crippen LogP contribution in [-0.2, 0) is 12.8 Å². The van der Waals surface area contributed by atoms with Gasteiger partial charge in [-0.1, -0.05) is 13.0 Å². The summed E-state index contributed by atoms with van der Waals surface area (Å²) >= 11 is 1.59. The lowest BCUT2D eigenvalue weighted by atomic mass is 9.88. The van der Waals surface area contributed by atoms with Crippen molar-refractivity contribution < 1.29 is 4.79 Å². The van der Waals surface area contributed by atoms with E-state index in [-0.39, 0.29) is 5.91 Å². The Hall–Kier alpha value is -2.01. The van der Waals surface area contributed by atoms with Gasteiger partial charge in [-0.3, -0.25) is 9.78 Å². The fourth-order valence-electron chi connectivity index (χ4n) is 2.67. The average Bonchev–Trinajstić information content (AvgIpc) is 2.83. The van der Waals surface area contributed by atoms with Gasteiger partial charge in [0, 0.05) is 29.0 Å².